The first-order chi connectivity index (χ1) is 12.3. The molecule has 1 aliphatic heterocycles. The van der Waals surface area contributed by atoms with Crippen LogP contribution in [0.1, 0.15) is 33.6 Å². The third kappa shape index (κ3) is 4.84. The van der Waals surface area contributed by atoms with Crippen molar-refractivity contribution in [2.75, 3.05) is 24.5 Å². The van der Waals surface area contributed by atoms with Gasteiger partial charge < -0.3 is 15.0 Å². The molecule has 0 bridgehead atoms. The monoisotopic (exact) mass is 420 g/mol. The molecule has 7 heteroatoms. The standard InChI is InChI=1S/C19H25BrN4O2/c1-19(2,3)26-18(25)21-10-13-5-4-8-24(11-13)17-15-9-14(20)6-7-16(15)22-12-23-17/h6-7,9,12-13H,4-5,8,10-11H2,1-3H3,(H,21,25). The molecule has 0 saturated carbocycles. The van der Waals surface area contributed by atoms with Gasteiger partial charge in [-0.1, -0.05) is 15.9 Å². The van der Waals surface area contributed by atoms with Crippen LogP contribution in [-0.4, -0.2) is 41.3 Å². The Morgan fingerprint density at radius 2 is 2.19 bits per heavy atom. The van der Waals surface area contributed by atoms with Gasteiger partial charge in [0.25, 0.3) is 0 Å². The quantitative estimate of drug-likeness (QED) is 0.807. The third-order valence-electron chi connectivity index (χ3n) is 4.33. The highest BCUT2D eigenvalue weighted by atomic mass is 79.9. The second kappa shape index (κ2) is 7.78. The maximum Gasteiger partial charge on any atom is 0.407 e. The molecule has 2 heterocycles. The molecule has 1 atom stereocenters. The van der Waals surface area contributed by atoms with Gasteiger partial charge in [-0.2, -0.15) is 0 Å². The lowest BCUT2D eigenvalue weighted by atomic mass is 9.97. The summed E-state index contributed by atoms with van der Waals surface area (Å²) in [5.41, 5.74) is 0.461. The van der Waals surface area contributed by atoms with Crippen LogP contribution in [0.15, 0.2) is 29.0 Å². The fraction of sp³-hybridized carbons (Fsp3) is 0.526. The molecule has 1 unspecified atom stereocenters. The summed E-state index contributed by atoms with van der Waals surface area (Å²) in [6.07, 6.45) is 3.42. The fourth-order valence-electron chi connectivity index (χ4n) is 3.23. The first-order valence-corrected chi connectivity index (χ1v) is 9.73. The number of anilines is 1. The molecule has 0 spiro atoms. The minimum atomic E-state index is -0.476. The third-order valence-corrected chi connectivity index (χ3v) is 4.82. The Balaban J connectivity index is 1.67. The van der Waals surface area contributed by atoms with Crippen molar-refractivity contribution in [1.29, 1.82) is 0 Å². The SMILES string of the molecule is CC(C)(C)OC(=O)NCC1CCCN(c2ncnc3ccc(Br)cc23)C1. The van der Waals surface area contributed by atoms with Gasteiger partial charge in [0.2, 0.25) is 0 Å². The lowest BCUT2D eigenvalue weighted by molar-refractivity contribution is 0.0517. The maximum absolute atomic E-state index is 11.9. The van der Waals surface area contributed by atoms with Gasteiger partial charge in [-0.25, -0.2) is 14.8 Å². The van der Waals surface area contributed by atoms with E-state index in [2.05, 4.69) is 42.2 Å². The van der Waals surface area contributed by atoms with E-state index in [4.69, 9.17) is 4.74 Å². The molecule has 140 valence electrons. The van der Waals surface area contributed by atoms with E-state index < -0.39 is 5.60 Å². The van der Waals surface area contributed by atoms with Crippen LogP contribution in [0.2, 0.25) is 0 Å². The topological polar surface area (TPSA) is 67.3 Å². The number of carbonyl (C=O) groups excluding carboxylic acids is 1. The summed E-state index contributed by atoms with van der Waals surface area (Å²) in [4.78, 5) is 23.1. The van der Waals surface area contributed by atoms with Crippen molar-refractivity contribution in [3.8, 4) is 0 Å². The van der Waals surface area contributed by atoms with Crippen molar-refractivity contribution in [2.24, 2.45) is 5.92 Å². The molecule has 26 heavy (non-hydrogen) atoms. The molecule has 0 radical (unpaired) electrons. The van der Waals surface area contributed by atoms with Gasteiger partial charge in [-0.15, -0.1) is 0 Å². The van der Waals surface area contributed by atoms with Crippen LogP contribution in [0, 0.1) is 5.92 Å². The average molecular weight is 421 g/mol. The van der Waals surface area contributed by atoms with Crippen molar-refractivity contribution >= 4 is 38.7 Å². The summed E-state index contributed by atoms with van der Waals surface area (Å²) in [7, 11) is 0. The number of piperidine rings is 1. The molecular weight excluding hydrogens is 396 g/mol. The number of rotatable bonds is 3. The molecule has 1 aromatic heterocycles. The summed E-state index contributed by atoms with van der Waals surface area (Å²) in [5, 5.41) is 3.94. The number of nitrogens with zero attached hydrogens (tertiary/aromatic N) is 3. The number of fused-ring (bicyclic) bond motifs is 1. The van der Waals surface area contributed by atoms with Crippen molar-refractivity contribution in [3.63, 3.8) is 0 Å². The van der Waals surface area contributed by atoms with Crippen LogP contribution in [0.5, 0.6) is 0 Å². The van der Waals surface area contributed by atoms with E-state index in [0.29, 0.717) is 12.5 Å². The second-order valence-electron chi connectivity index (χ2n) is 7.70. The van der Waals surface area contributed by atoms with Gasteiger partial charge in [0.15, 0.2) is 0 Å². The number of hydrogen-bond donors (Lipinski definition) is 1. The highest BCUT2D eigenvalue weighted by Gasteiger charge is 2.24. The first-order valence-electron chi connectivity index (χ1n) is 8.94. The van der Waals surface area contributed by atoms with Gasteiger partial charge >= 0.3 is 6.09 Å². The van der Waals surface area contributed by atoms with Crippen LogP contribution in [0.4, 0.5) is 10.6 Å². The molecular formula is C19H25BrN4O2. The van der Waals surface area contributed by atoms with Crippen LogP contribution < -0.4 is 10.2 Å². The number of halogens is 1. The Morgan fingerprint density at radius 1 is 1.38 bits per heavy atom. The predicted molar refractivity (Wildman–Crippen MR) is 106 cm³/mol. The zero-order chi connectivity index (χ0) is 18.7. The number of hydrogen-bond acceptors (Lipinski definition) is 5. The van der Waals surface area contributed by atoms with Crippen molar-refractivity contribution in [2.45, 2.75) is 39.2 Å². The summed E-state index contributed by atoms with van der Waals surface area (Å²) >= 11 is 3.53. The largest absolute Gasteiger partial charge is 0.444 e. The molecule has 2 aromatic rings. The second-order valence-corrected chi connectivity index (χ2v) is 8.61. The van der Waals surface area contributed by atoms with Gasteiger partial charge in [0, 0.05) is 29.5 Å². The lowest BCUT2D eigenvalue weighted by Gasteiger charge is -2.34. The molecule has 6 nitrogen and oxygen atoms in total. The Morgan fingerprint density at radius 3 is 2.96 bits per heavy atom. The van der Waals surface area contributed by atoms with E-state index in [1.807, 2.05) is 32.9 Å². The number of ether oxygens (including phenoxy) is 1. The number of amides is 1. The number of alkyl carbamates (subject to hydrolysis) is 1. The van der Waals surface area contributed by atoms with Gasteiger partial charge in [-0.05, 0) is 57.7 Å². The van der Waals surface area contributed by atoms with E-state index in [-0.39, 0.29) is 6.09 Å². The van der Waals surface area contributed by atoms with Crippen LogP contribution in [0.3, 0.4) is 0 Å². The van der Waals surface area contributed by atoms with Gasteiger partial charge in [-0.3, -0.25) is 0 Å². The van der Waals surface area contributed by atoms with E-state index in [9.17, 15) is 4.79 Å². The number of carbonyl (C=O) groups is 1. The summed E-state index contributed by atoms with van der Waals surface area (Å²) in [6, 6.07) is 6.05. The van der Waals surface area contributed by atoms with Crippen molar-refractivity contribution < 1.29 is 9.53 Å². The van der Waals surface area contributed by atoms with Crippen LogP contribution >= 0.6 is 15.9 Å². The van der Waals surface area contributed by atoms with Crippen molar-refractivity contribution in [1.82, 2.24) is 15.3 Å². The zero-order valence-corrected chi connectivity index (χ0v) is 17.0. The van der Waals surface area contributed by atoms with E-state index in [1.165, 1.54) is 0 Å². The maximum atomic E-state index is 11.9. The fourth-order valence-corrected chi connectivity index (χ4v) is 3.59. The number of nitrogens with one attached hydrogen (secondary N) is 1. The molecule has 1 aromatic carbocycles. The van der Waals surface area contributed by atoms with Gasteiger partial charge in [0.05, 0.1) is 5.52 Å². The Hall–Kier alpha value is -1.89. The average Bonchev–Trinajstić information content (AvgIpc) is 2.58. The van der Waals surface area contributed by atoms with E-state index >= 15 is 0 Å². The summed E-state index contributed by atoms with van der Waals surface area (Å²) in [6.45, 7) is 8.03. The van der Waals surface area contributed by atoms with E-state index in [0.717, 1.165) is 47.1 Å². The Kier molecular flexibility index (Phi) is 5.65. The molecule has 1 fully saturated rings. The lowest BCUT2D eigenvalue weighted by Crippen LogP contribution is -2.42. The highest BCUT2D eigenvalue weighted by molar-refractivity contribution is 9.10. The minimum Gasteiger partial charge on any atom is -0.444 e. The minimum absolute atomic E-state index is 0.356. The van der Waals surface area contributed by atoms with Crippen LogP contribution in [-0.2, 0) is 4.74 Å². The molecule has 3 rings (SSSR count). The molecule has 1 saturated heterocycles. The molecule has 1 aliphatic rings. The molecule has 1 N–H and O–H groups in total. The smallest absolute Gasteiger partial charge is 0.407 e. The summed E-state index contributed by atoms with van der Waals surface area (Å²) < 4.78 is 6.34. The zero-order valence-electron chi connectivity index (χ0n) is 15.5. The number of aromatic nitrogens is 2. The molecule has 1 amide bonds. The molecule has 0 aliphatic carbocycles. The Labute approximate surface area is 162 Å². The van der Waals surface area contributed by atoms with E-state index in [1.54, 1.807) is 6.33 Å². The van der Waals surface area contributed by atoms with Crippen molar-refractivity contribution in [3.05, 3.63) is 29.0 Å². The van der Waals surface area contributed by atoms with Crippen LogP contribution in [0.25, 0.3) is 10.9 Å². The van der Waals surface area contributed by atoms with Gasteiger partial charge in [0.1, 0.15) is 17.7 Å². The Bertz CT molecular complexity index is 791. The predicted octanol–water partition coefficient (Wildman–Crippen LogP) is 4.13. The summed E-state index contributed by atoms with van der Waals surface area (Å²) in [5.74, 6) is 1.33. The number of benzene rings is 1. The highest BCUT2D eigenvalue weighted by Crippen LogP contribution is 2.29. The first kappa shape index (κ1) is 18.9. The normalized spacial score (nSPS) is 18.0.